The van der Waals surface area contributed by atoms with Crippen molar-refractivity contribution in [3.8, 4) is 6.07 Å². The third-order valence-electron chi connectivity index (χ3n) is 3.72. The number of hydrogen-bond donors (Lipinski definition) is 1. The highest BCUT2D eigenvalue weighted by Gasteiger charge is 2.12. The van der Waals surface area contributed by atoms with Crippen molar-refractivity contribution >= 4 is 28.7 Å². The molecule has 2 aromatic rings. The lowest BCUT2D eigenvalue weighted by Gasteiger charge is -2.18. The average molecular weight is 298 g/mol. The molecule has 2 aromatic carbocycles. The van der Waals surface area contributed by atoms with Gasteiger partial charge < -0.3 is 10.2 Å². The SMILES string of the molecule is N#Cc1cc(Cl)ccc1Nc1ccc(N2CCCC2)cc1. The predicted molar refractivity (Wildman–Crippen MR) is 87.3 cm³/mol. The minimum absolute atomic E-state index is 0.547. The Kier molecular flexibility index (Phi) is 3.98. The van der Waals surface area contributed by atoms with Crippen molar-refractivity contribution in [2.75, 3.05) is 23.3 Å². The zero-order valence-electron chi connectivity index (χ0n) is 11.6. The number of nitrogens with zero attached hydrogens (tertiary/aromatic N) is 2. The Morgan fingerprint density at radius 1 is 1.05 bits per heavy atom. The number of anilines is 3. The normalized spacial score (nSPS) is 14.0. The van der Waals surface area contributed by atoms with Gasteiger partial charge in [-0.15, -0.1) is 0 Å². The molecule has 4 heteroatoms. The van der Waals surface area contributed by atoms with E-state index in [0.29, 0.717) is 10.6 Å². The van der Waals surface area contributed by atoms with Gasteiger partial charge in [0.15, 0.2) is 0 Å². The maximum atomic E-state index is 9.15. The molecule has 0 radical (unpaired) electrons. The number of rotatable bonds is 3. The van der Waals surface area contributed by atoms with Gasteiger partial charge in [0.2, 0.25) is 0 Å². The first kappa shape index (κ1) is 13.8. The molecule has 1 heterocycles. The van der Waals surface area contributed by atoms with Crippen LogP contribution in [0.5, 0.6) is 0 Å². The van der Waals surface area contributed by atoms with Gasteiger partial charge in [0.1, 0.15) is 6.07 Å². The van der Waals surface area contributed by atoms with E-state index in [2.05, 4.69) is 28.4 Å². The molecule has 0 spiro atoms. The second kappa shape index (κ2) is 6.07. The summed E-state index contributed by atoms with van der Waals surface area (Å²) in [5.74, 6) is 0. The van der Waals surface area contributed by atoms with E-state index in [-0.39, 0.29) is 0 Å². The molecule has 3 nitrogen and oxygen atoms in total. The van der Waals surface area contributed by atoms with Crippen LogP contribution in [0.2, 0.25) is 5.02 Å². The predicted octanol–water partition coefficient (Wildman–Crippen LogP) is 4.56. The molecule has 0 unspecified atom stereocenters. The molecule has 0 saturated carbocycles. The van der Waals surface area contributed by atoms with E-state index in [9.17, 15) is 0 Å². The van der Waals surface area contributed by atoms with Crippen molar-refractivity contribution in [2.24, 2.45) is 0 Å². The first-order chi connectivity index (χ1) is 10.3. The summed E-state index contributed by atoms with van der Waals surface area (Å²) in [6, 6.07) is 15.8. The monoisotopic (exact) mass is 297 g/mol. The third-order valence-corrected chi connectivity index (χ3v) is 3.95. The zero-order chi connectivity index (χ0) is 14.7. The molecule has 1 aliphatic rings. The van der Waals surface area contributed by atoms with Gasteiger partial charge in [-0.05, 0) is 55.3 Å². The Bertz CT molecular complexity index is 667. The largest absolute Gasteiger partial charge is 0.372 e. The van der Waals surface area contributed by atoms with Crippen molar-refractivity contribution in [3.63, 3.8) is 0 Å². The summed E-state index contributed by atoms with van der Waals surface area (Å²) in [4.78, 5) is 2.40. The fraction of sp³-hybridized carbons (Fsp3) is 0.235. The van der Waals surface area contributed by atoms with Crippen molar-refractivity contribution < 1.29 is 0 Å². The van der Waals surface area contributed by atoms with Crippen LogP contribution in [0.1, 0.15) is 18.4 Å². The number of benzene rings is 2. The van der Waals surface area contributed by atoms with E-state index in [4.69, 9.17) is 16.9 Å². The van der Waals surface area contributed by atoms with Crippen LogP contribution in [0.3, 0.4) is 0 Å². The van der Waals surface area contributed by atoms with Crippen LogP contribution in [-0.2, 0) is 0 Å². The van der Waals surface area contributed by atoms with Crippen LogP contribution < -0.4 is 10.2 Å². The summed E-state index contributed by atoms with van der Waals surface area (Å²) in [6.07, 6.45) is 2.55. The zero-order valence-corrected chi connectivity index (χ0v) is 12.4. The van der Waals surface area contributed by atoms with E-state index in [1.165, 1.54) is 18.5 Å². The van der Waals surface area contributed by atoms with Crippen LogP contribution in [0.15, 0.2) is 42.5 Å². The Morgan fingerprint density at radius 2 is 1.76 bits per heavy atom. The summed E-state index contributed by atoms with van der Waals surface area (Å²) < 4.78 is 0. The second-order valence-corrected chi connectivity index (χ2v) is 5.60. The quantitative estimate of drug-likeness (QED) is 0.903. The standard InChI is InChI=1S/C17H16ClN3/c18-14-3-8-17(13(11-14)12-19)20-15-4-6-16(7-5-15)21-9-1-2-10-21/h3-8,11,20H,1-2,9-10H2. The van der Waals surface area contributed by atoms with E-state index in [1.54, 1.807) is 12.1 Å². The molecule has 0 aromatic heterocycles. The highest BCUT2D eigenvalue weighted by atomic mass is 35.5. The van der Waals surface area contributed by atoms with Crippen LogP contribution in [0.25, 0.3) is 0 Å². The summed E-state index contributed by atoms with van der Waals surface area (Å²) in [7, 11) is 0. The molecule has 0 atom stereocenters. The van der Waals surface area contributed by atoms with E-state index in [0.717, 1.165) is 24.5 Å². The minimum atomic E-state index is 0.547. The van der Waals surface area contributed by atoms with E-state index >= 15 is 0 Å². The van der Waals surface area contributed by atoms with Gasteiger partial charge in [-0.1, -0.05) is 11.6 Å². The Hall–Kier alpha value is -2.18. The molecular weight excluding hydrogens is 282 g/mol. The topological polar surface area (TPSA) is 39.1 Å². The molecule has 1 saturated heterocycles. The molecule has 1 aliphatic heterocycles. The van der Waals surface area contributed by atoms with Crippen molar-refractivity contribution in [2.45, 2.75) is 12.8 Å². The molecule has 3 rings (SSSR count). The maximum Gasteiger partial charge on any atom is 0.101 e. The van der Waals surface area contributed by atoms with E-state index < -0.39 is 0 Å². The molecular formula is C17H16ClN3. The van der Waals surface area contributed by atoms with Crippen molar-refractivity contribution in [3.05, 3.63) is 53.1 Å². The van der Waals surface area contributed by atoms with Crippen molar-refractivity contribution in [1.29, 1.82) is 5.26 Å². The molecule has 106 valence electrons. The third kappa shape index (κ3) is 3.12. The van der Waals surface area contributed by atoms with E-state index in [1.807, 2.05) is 18.2 Å². The van der Waals surface area contributed by atoms with Gasteiger partial charge in [0, 0.05) is 29.5 Å². The first-order valence-electron chi connectivity index (χ1n) is 7.08. The fourth-order valence-electron chi connectivity index (χ4n) is 2.60. The van der Waals surface area contributed by atoms with Gasteiger partial charge in [0.05, 0.1) is 11.3 Å². The molecule has 0 bridgehead atoms. The highest BCUT2D eigenvalue weighted by Crippen LogP contribution is 2.26. The Labute approximate surface area is 129 Å². The molecule has 0 aliphatic carbocycles. The van der Waals surface area contributed by atoms with Gasteiger partial charge in [-0.3, -0.25) is 0 Å². The van der Waals surface area contributed by atoms with Crippen LogP contribution in [0.4, 0.5) is 17.1 Å². The minimum Gasteiger partial charge on any atom is -0.372 e. The highest BCUT2D eigenvalue weighted by molar-refractivity contribution is 6.30. The van der Waals surface area contributed by atoms with Gasteiger partial charge >= 0.3 is 0 Å². The number of halogens is 1. The lowest BCUT2D eigenvalue weighted by molar-refractivity contribution is 0.949. The number of nitriles is 1. The first-order valence-corrected chi connectivity index (χ1v) is 7.46. The average Bonchev–Trinajstić information content (AvgIpc) is 3.04. The summed E-state index contributed by atoms with van der Waals surface area (Å²) >= 11 is 5.91. The van der Waals surface area contributed by atoms with Crippen LogP contribution in [0, 0.1) is 11.3 Å². The van der Waals surface area contributed by atoms with Gasteiger partial charge in [-0.25, -0.2) is 0 Å². The number of hydrogen-bond acceptors (Lipinski definition) is 3. The second-order valence-electron chi connectivity index (χ2n) is 5.17. The lowest BCUT2D eigenvalue weighted by atomic mass is 10.2. The van der Waals surface area contributed by atoms with Crippen LogP contribution in [-0.4, -0.2) is 13.1 Å². The summed E-state index contributed by atoms with van der Waals surface area (Å²) in [5, 5.41) is 13.0. The summed E-state index contributed by atoms with van der Waals surface area (Å²) in [5.41, 5.74) is 3.55. The molecule has 21 heavy (non-hydrogen) atoms. The molecule has 1 fully saturated rings. The Balaban J connectivity index is 1.78. The Morgan fingerprint density at radius 3 is 2.43 bits per heavy atom. The lowest BCUT2D eigenvalue weighted by Crippen LogP contribution is -2.17. The maximum absolute atomic E-state index is 9.15. The smallest absolute Gasteiger partial charge is 0.101 e. The van der Waals surface area contributed by atoms with Gasteiger partial charge in [0.25, 0.3) is 0 Å². The van der Waals surface area contributed by atoms with Crippen LogP contribution >= 0.6 is 11.6 Å². The fourth-order valence-corrected chi connectivity index (χ4v) is 2.78. The summed E-state index contributed by atoms with van der Waals surface area (Å²) in [6.45, 7) is 2.28. The molecule has 0 amide bonds. The van der Waals surface area contributed by atoms with Crippen molar-refractivity contribution in [1.82, 2.24) is 0 Å². The molecule has 1 N–H and O–H groups in total. The van der Waals surface area contributed by atoms with Gasteiger partial charge in [-0.2, -0.15) is 5.26 Å². The number of nitrogens with one attached hydrogen (secondary N) is 1.